The average Bonchev–Trinajstić information content (AvgIpc) is 3.06. The largest absolute Gasteiger partial charge is 0.278 e. The van der Waals surface area contributed by atoms with Gasteiger partial charge in [0, 0.05) is 0 Å². The summed E-state index contributed by atoms with van der Waals surface area (Å²) in [6.07, 6.45) is 0. The van der Waals surface area contributed by atoms with E-state index in [0.29, 0.717) is 11.0 Å². The van der Waals surface area contributed by atoms with E-state index in [1.54, 1.807) is 30.3 Å². The first-order valence-corrected chi connectivity index (χ1v) is 9.59. The monoisotopic (exact) mass is 384 g/mol. The van der Waals surface area contributed by atoms with Gasteiger partial charge in [0.15, 0.2) is 0 Å². The Balaban J connectivity index is 1.74. The number of nitrogens with zero attached hydrogens (tertiary/aromatic N) is 3. The Bertz CT molecular complexity index is 1180. The Labute approximate surface area is 155 Å². The van der Waals surface area contributed by atoms with Crippen molar-refractivity contribution in [2.45, 2.75) is 4.90 Å². The van der Waals surface area contributed by atoms with Crippen LogP contribution in [-0.2, 0) is 10.0 Å². The molecular weight excluding hydrogens is 372 g/mol. The third kappa shape index (κ3) is 3.14. The molecule has 0 aliphatic heterocycles. The Kier molecular flexibility index (Phi) is 4.10. The van der Waals surface area contributed by atoms with Crippen LogP contribution in [0.1, 0.15) is 0 Å². The summed E-state index contributed by atoms with van der Waals surface area (Å²) in [7, 11) is -3.74. The smallest absolute Gasteiger partial charge is 0.261 e. The molecule has 1 N–H and O–H groups in total. The van der Waals surface area contributed by atoms with E-state index in [2.05, 4.69) is 14.9 Å². The standard InChI is InChI=1S/C18H13ClN4O2S/c19-15-11-17-18(21-23(20-17)13-7-3-1-4-8-13)12-16(15)22-26(24,25)14-9-5-2-6-10-14/h1-12,22H. The first-order chi connectivity index (χ1) is 12.5. The zero-order chi connectivity index (χ0) is 18.1. The normalized spacial score (nSPS) is 11.6. The molecule has 8 heteroatoms. The molecule has 0 unspecified atom stereocenters. The number of aromatic nitrogens is 3. The Morgan fingerprint density at radius 1 is 0.846 bits per heavy atom. The van der Waals surface area contributed by atoms with Gasteiger partial charge in [-0.1, -0.05) is 48.0 Å². The SMILES string of the molecule is O=S(=O)(Nc1cc2nn(-c3ccccc3)nc2cc1Cl)c1ccccc1. The van der Waals surface area contributed by atoms with Crippen molar-refractivity contribution in [3.8, 4) is 5.69 Å². The minimum absolute atomic E-state index is 0.157. The lowest BCUT2D eigenvalue weighted by Crippen LogP contribution is -2.13. The van der Waals surface area contributed by atoms with Crippen LogP contribution in [-0.4, -0.2) is 23.4 Å². The van der Waals surface area contributed by atoms with Gasteiger partial charge in [-0.15, -0.1) is 10.2 Å². The first kappa shape index (κ1) is 16.6. The highest BCUT2D eigenvalue weighted by molar-refractivity contribution is 7.92. The van der Waals surface area contributed by atoms with Gasteiger partial charge in [0.1, 0.15) is 11.0 Å². The summed E-state index contributed by atoms with van der Waals surface area (Å²) >= 11 is 6.25. The molecular formula is C18H13ClN4O2S. The van der Waals surface area contributed by atoms with Gasteiger partial charge in [0.25, 0.3) is 10.0 Å². The van der Waals surface area contributed by atoms with Crippen molar-refractivity contribution in [2.24, 2.45) is 0 Å². The molecule has 130 valence electrons. The number of fused-ring (bicyclic) bond motifs is 1. The number of benzene rings is 3. The van der Waals surface area contributed by atoms with Crippen molar-refractivity contribution in [1.82, 2.24) is 15.0 Å². The van der Waals surface area contributed by atoms with E-state index in [-0.39, 0.29) is 15.6 Å². The van der Waals surface area contributed by atoms with Gasteiger partial charge in [0.2, 0.25) is 0 Å². The quantitative estimate of drug-likeness (QED) is 0.579. The number of sulfonamides is 1. The number of nitrogens with one attached hydrogen (secondary N) is 1. The van der Waals surface area contributed by atoms with Gasteiger partial charge in [-0.05, 0) is 36.4 Å². The maximum Gasteiger partial charge on any atom is 0.261 e. The third-order valence-corrected chi connectivity index (χ3v) is 5.45. The minimum atomic E-state index is -3.74. The number of hydrogen-bond donors (Lipinski definition) is 1. The molecule has 6 nitrogen and oxygen atoms in total. The van der Waals surface area contributed by atoms with Gasteiger partial charge in [-0.3, -0.25) is 4.72 Å². The molecule has 0 aliphatic carbocycles. The molecule has 0 aliphatic rings. The molecule has 0 fully saturated rings. The lowest BCUT2D eigenvalue weighted by Gasteiger charge is -2.09. The van der Waals surface area contributed by atoms with E-state index in [9.17, 15) is 8.42 Å². The average molecular weight is 385 g/mol. The van der Waals surface area contributed by atoms with Gasteiger partial charge in [-0.2, -0.15) is 4.80 Å². The van der Waals surface area contributed by atoms with Crippen molar-refractivity contribution < 1.29 is 8.42 Å². The highest BCUT2D eigenvalue weighted by atomic mass is 35.5. The van der Waals surface area contributed by atoms with Crippen molar-refractivity contribution in [3.63, 3.8) is 0 Å². The van der Waals surface area contributed by atoms with Crippen molar-refractivity contribution in [1.29, 1.82) is 0 Å². The second kappa shape index (κ2) is 6.44. The molecule has 0 spiro atoms. The fourth-order valence-corrected chi connectivity index (χ4v) is 3.85. The van der Waals surface area contributed by atoms with Crippen molar-refractivity contribution in [2.75, 3.05) is 4.72 Å². The predicted molar refractivity (Wildman–Crippen MR) is 101 cm³/mol. The number of para-hydroxylation sites is 1. The summed E-state index contributed by atoms with van der Waals surface area (Å²) in [5, 5.41) is 9.03. The fourth-order valence-electron chi connectivity index (χ4n) is 2.50. The highest BCUT2D eigenvalue weighted by Crippen LogP contribution is 2.29. The van der Waals surface area contributed by atoms with E-state index >= 15 is 0 Å². The number of rotatable bonds is 4. The van der Waals surface area contributed by atoms with Crippen LogP contribution in [0.3, 0.4) is 0 Å². The summed E-state index contributed by atoms with van der Waals surface area (Å²) < 4.78 is 27.5. The van der Waals surface area contributed by atoms with Gasteiger partial charge in [0.05, 0.1) is 21.3 Å². The molecule has 3 aromatic carbocycles. The lowest BCUT2D eigenvalue weighted by atomic mass is 10.3. The highest BCUT2D eigenvalue weighted by Gasteiger charge is 2.17. The summed E-state index contributed by atoms with van der Waals surface area (Å²) in [6.45, 7) is 0. The summed E-state index contributed by atoms with van der Waals surface area (Å²) in [6, 6.07) is 20.7. The fraction of sp³-hybridized carbons (Fsp3) is 0. The van der Waals surface area contributed by atoms with Gasteiger partial charge >= 0.3 is 0 Å². The van der Waals surface area contributed by atoms with E-state index in [4.69, 9.17) is 11.6 Å². The van der Waals surface area contributed by atoms with Crippen LogP contribution in [0.2, 0.25) is 5.02 Å². The van der Waals surface area contributed by atoms with E-state index in [0.717, 1.165) is 5.69 Å². The molecule has 0 saturated carbocycles. The Morgan fingerprint density at radius 3 is 2.08 bits per heavy atom. The first-order valence-electron chi connectivity index (χ1n) is 7.73. The van der Waals surface area contributed by atoms with E-state index in [1.807, 2.05) is 30.3 Å². The van der Waals surface area contributed by atoms with Crippen LogP contribution in [0.4, 0.5) is 5.69 Å². The van der Waals surface area contributed by atoms with Crippen molar-refractivity contribution >= 4 is 38.3 Å². The van der Waals surface area contributed by atoms with Crippen LogP contribution in [0, 0.1) is 0 Å². The summed E-state index contributed by atoms with van der Waals surface area (Å²) in [5.41, 5.74) is 2.15. The molecule has 4 aromatic rings. The van der Waals surface area contributed by atoms with E-state index < -0.39 is 10.0 Å². The Hall–Kier alpha value is -2.90. The zero-order valence-electron chi connectivity index (χ0n) is 13.4. The van der Waals surface area contributed by atoms with Crippen LogP contribution in [0.5, 0.6) is 0 Å². The molecule has 0 bridgehead atoms. The molecule has 0 amide bonds. The molecule has 0 atom stereocenters. The predicted octanol–water partition coefficient (Wildman–Crippen LogP) is 3.87. The van der Waals surface area contributed by atoms with Crippen LogP contribution >= 0.6 is 11.6 Å². The minimum Gasteiger partial charge on any atom is -0.278 e. The van der Waals surface area contributed by atoms with E-state index in [1.165, 1.54) is 16.9 Å². The van der Waals surface area contributed by atoms with Gasteiger partial charge < -0.3 is 0 Å². The summed E-state index contributed by atoms with van der Waals surface area (Å²) in [5.74, 6) is 0. The van der Waals surface area contributed by atoms with Crippen LogP contribution in [0.25, 0.3) is 16.7 Å². The summed E-state index contributed by atoms with van der Waals surface area (Å²) in [4.78, 5) is 1.64. The number of halogens is 1. The van der Waals surface area contributed by atoms with Crippen LogP contribution in [0.15, 0.2) is 77.7 Å². The third-order valence-electron chi connectivity index (χ3n) is 3.75. The molecule has 1 heterocycles. The lowest BCUT2D eigenvalue weighted by molar-refractivity contribution is 0.601. The molecule has 1 aromatic heterocycles. The zero-order valence-corrected chi connectivity index (χ0v) is 14.9. The maximum absolute atomic E-state index is 12.5. The van der Waals surface area contributed by atoms with Crippen LogP contribution < -0.4 is 4.72 Å². The van der Waals surface area contributed by atoms with Crippen molar-refractivity contribution in [3.05, 3.63) is 77.8 Å². The maximum atomic E-state index is 12.5. The number of hydrogen-bond acceptors (Lipinski definition) is 4. The Morgan fingerprint density at radius 2 is 1.42 bits per heavy atom. The second-order valence-corrected chi connectivity index (χ2v) is 7.65. The topological polar surface area (TPSA) is 76.9 Å². The van der Waals surface area contributed by atoms with Gasteiger partial charge in [-0.25, -0.2) is 8.42 Å². The molecule has 4 rings (SSSR count). The number of anilines is 1. The molecule has 26 heavy (non-hydrogen) atoms. The second-order valence-electron chi connectivity index (χ2n) is 5.56. The molecule has 0 radical (unpaired) electrons. The molecule has 0 saturated heterocycles.